The average Bonchev–Trinajstić information content (AvgIpc) is 2.22. The number of amides is 1. The number of hydrogen-bond donors (Lipinski definition) is 2. The topological polar surface area (TPSA) is 69.6 Å². The van der Waals surface area contributed by atoms with Crippen LogP contribution in [0.3, 0.4) is 0 Å². The van der Waals surface area contributed by atoms with Crippen molar-refractivity contribution >= 4 is 11.9 Å². The first kappa shape index (κ1) is 14.9. The zero-order chi connectivity index (χ0) is 12.6. The maximum Gasteiger partial charge on any atom is 0.320 e. The van der Waals surface area contributed by atoms with Gasteiger partial charge < -0.3 is 10.4 Å². The van der Waals surface area contributed by atoms with Gasteiger partial charge in [-0.3, -0.25) is 14.5 Å². The molecule has 0 aromatic heterocycles. The van der Waals surface area contributed by atoms with E-state index in [-0.39, 0.29) is 12.5 Å². The van der Waals surface area contributed by atoms with Crippen LogP contribution in [0.2, 0.25) is 0 Å². The second-order valence-corrected chi connectivity index (χ2v) is 3.91. The van der Waals surface area contributed by atoms with Crippen LogP contribution in [0.25, 0.3) is 0 Å². The first-order chi connectivity index (χ1) is 7.52. The fourth-order valence-electron chi connectivity index (χ4n) is 1.46. The SMILES string of the molecule is CCCNC(=O)CN(C)C(CCC)C(=O)O. The van der Waals surface area contributed by atoms with Crippen LogP contribution in [0.15, 0.2) is 0 Å². The number of carboxylic acids is 1. The number of carbonyl (C=O) groups excluding carboxylic acids is 1. The summed E-state index contributed by atoms with van der Waals surface area (Å²) in [5.74, 6) is -0.987. The molecule has 0 aromatic carbocycles. The lowest BCUT2D eigenvalue weighted by Crippen LogP contribution is -2.44. The highest BCUT2D eigenvalue weighted by molar-refractivity contribution is 5.79. The fourth-order valence-corrected chi connectivity index (χ4v) is 1.46. The van der Waals surface area contributed by atoms with Crippen molar-refractivity contribution in [2.75, 3.05) is 20.1 Å². The van der Waals surface area contributed by atoms with Gasteiger partial charge in [-0.2, -0.15) is 0 Å². The lowest BCUT2D eigenvalue weighted by Gasteiger charge is -2.23. The molecule has 0 saturated carbocycles. The summed E-state index contributed by atoms with van der Waals surface area (Å²) in [5.41, 5.74) is 0. The average molecular weight is 230 g/mol. The van der Waals surface area contributed by atoms with E-state index in [1.165, 1.54) is 0 Å². The number of hydrogen-bond acceptors (Lipinski definition) is 3. The molecule has 0 aliphatic heterocycles. The van der Waals surface area contributed by atoms with Crippen molar-refractivity contribution in [1.29, 1.82) is 0 Å². The molecule has 0 fully saturated rings. The minimum atomic E-state index is -0.868. The molecule has 0 radical (unpaired) electrons. The first-order valence-electron chi connectivity index (χ1n) is 5.72. The summed E-state index contributed by atoms with van der Waals surface area (Å²) in [5, 5.41) is 11.7. The first-order valence-corrected chi connectivity index (χ1v) is 5.72. The predicted molar refractivity (Wildman–Crippen MR) is 62.3 cm³/mol. The summed E-state index contributed by atoms with van der Waals surface area (Å²) in [7, 11) is 1.67. The van der Waals surface area contributed by atoms with E-state index in [1.807, 2.05) is 13.8 Å². The minimum Gasteiger partial charge on any atom is -0.480 e. The summed E-state index contributed by atoms with van der Waals surface area (Å²) >= 11 is 0. The second kappa shape index (κ2) is 8.10. The standard InChI is InChI=1S/C11H22N2O3/c1-4-6-9(11(15)16)13(3)8-10(14)12-7-5-2/h9H,4-8H2,1-3H3,(H,12,14)(H,15,16). The van der Waals surface area contributed by atoms with Gasteiger partial charge in [0.05, 0.1) is 6.54 Å². The third kappa shape index (κ3) is 5.70. The molecule has 1 unspecified atom stereocenters. The van der Waals surface area contributed by atoms with E-state index in [9.17, 15) is 9.59 Å². The molecule has 1 amide bonds. The van der Waals surface area contributed by atoms with Crippen LogP contribution in [0.4, 0.5) is 0 Å². The minimum absolute atomic E-state index is 0.119. The van der Waals surface area contributed by atoms with Gasteiger partial charge in [0, 0.05) is 6.54 Å². The van der Waals surface area contributed by atoms with Gasteiger partial charge in [0.2, 0.25) is 5.91 Å². The van der Waals surface area contributed by atoms with E-state index in [0.29, 0.717) is 13.0 Å². The Balaban J connectivity index is 4.13. The van der Waals surface area contributed by atoms with Gasteiger partial charge in [0.15, 0.2) is 0 Å². The van der Waals surface area contributed by atoms with Gasteiger partial charge in [-0.15, -0.1) is 0 Å². The molecule has 2 N–H and O–H groups in total. The number of carboxylic acid groups (broad SMARTS) is 1. The lowest BCUT2D eigenvalue weighted by molar-refractivity contribution is -0.143. The Labute approximate surface area is 96.8 Å². The van der Waals surface area contributed by atoms with Crippen LogP contribution in [0.5, 0.6) is 0 Å². The van der Waals surface area contributed by atoms with Crippen molar-refractivity contribution < 1.29 is 14.7 Å². The Bertz CT molecular complexity index is 231. The van der Waals surface area contributed by atoms with Crippen LogP contribution < -0.4 is 5.32 Å². The van der Waals surface area contributed by atoms with Crippen molar-refractivity contribution in [3.8, 4) is 0 Å². The molecule has 1 atom stereocenters. The quantitative estimate of drug-likeness (QED) is 0.644. The maximum absolute atomic E-state index is 11.4. The molecule has 0 saturated heterocycles. The fraction of sp³-hybridized carbons (Fsp3) is 0.818. The Hall–Kier alpha value is -1.10. The summed E-state index contributed by atoms with van der Waals surface area (Å²) < 4.78 is 0. The summed E-state index contributed by atoms with van der Waals surface area (Å²) in [6, 6.07) is -0.572. The van der Waals surface area contributed by atoms with Crippen LogP contribution in [-0.4, -0.2) is 48.1 Å². The van der Waals surface area contributed by atoms with Crippen molar-refractivity contribution in [1.82, 2.24) is 10.2 Å². The molecule has 5 nitrogen and oxygen atoms in total. The third-order valence-corrected chi connectivity index (χ3v) is 2.34. The summed E-state index contributed by atoms with van der Waals surface area (Å²) in [6.45, 7) is 4.68. The van der Waals surface area contributed by atoms with E-state index < -0.39 is 12.0 Å². The summed E-state index contributed by atoms with van der Waals surface area (Å²) in [4.78, 5) is 23.9. The van der Waals surface area contributed by atoms with E-state index in [2.05, 4.69) is 5.32 Å². The normalized spacial score (nSPS) is 12.5. The van der Waals surface area contributed by atoms with Crippen LogP contribution in [0, 0.1) is 0 Å². The molecule has 0 aromatic rings. The monoisotopic (exact) mass is 230 g/mol. The van der Waals surface area contributed by atoms with E-state index >= 15 is 0 Å². The number of nitrogens with zero attached hydrogens (tertiary/aromatic N) is 1. The number of aliphatic carboxylic acids is 1. The largest absolute Gasteiger partial charge is 0.480 e. The van der Waals surface area contributed by atoms with Gasteiger partial charge in [-0.1, -0.05) is 20.3 Å². The molecule has 0 spiro atoms. The van der Waals surface area contributed by atoms with Gasteiger partial charge >= 0.3 is 5.97 Å². The van der Waals surface area contributed by atoms with Gasteiger partial charge in [0.1, 0.15) is 6.04 Å². The number of likely N-dealkylation sites (N-methyl/N-ethyl adjacent to an activating group) is 1. The van der Waals surface area contributed by atoms with Crippen molar-refractivity contribution in [2.24, 2.45) is 0 Å². The Morgan fingerprint density at radius 3 is 2.38 bits per heavy atom. The molecule has 16 heavy (non-hydrogen) atoms. The predicted octanol–water partition coefficient (Wildman–Crippen LogP) is 0.698. The Morgan fingerprint density at radius 2 is 1.94 bits per heavy atom. The van der Waals surface area contributed by atoms with Gasteiger partial charge in [-0.05, 0) is 19.9 Å². The zero-order valence-corrected chi connectivity index (χ0v) is 10.3. The van der Waals surface area contributed by atoms with E-state index in [0.717, 1.165) is 12.8 Å². The van der Waals surface area contributed by atoms with Gasteiger partial charge in [0.25, 0.3) is 0 Å². The van der Waals surface area contributed by atoms with Crippen LogP contribution in [0.1, 0.15) is 33.1 Å². The molecule has 0 aliphatic carbocycles. The van der Waals surface area contributed by atoms with Crippen molar-refractivity contribution in [3.63, 3.8) is 0 Å². The van der Waals surface area contributed by atoms with E-state index in [4.69, 9.17) is 5.11 Å². The zero-order valence-electron chi connectivity index (χ0n) is 10.3. The highest BCUT2D eigenvalue weighted by Gasteiger charge is 2.22. The lowest BCUT2D eigenvalue weighted by atomic mass is 10.1. The van der Waals surface area contributed by atoms with E-state index in [1.54, 1.807) is 11.9 Å². The summed E-state index contributed by atoms with van der Waals surface area (Å²) in [6.07, 6.45) is 2.23. The Kier molecular flexibility index (Phi) is 7.54. The Morgan fingerprint density at radius 1 is 1.31 bits per heavy atom. The van der Waals surface area contributed by atoms with Crippen LogP contribution in [-0.2, 0) is 9.59 Å². The van der Waals surface area contributed by atoms with Crippen LogP contribution >= 0.6 is 0 Å². The second-order valence-electron chi connectivity index (χ2n) is 3.91. The smallest absolute Gasteiger partial charge is 0.320 e. The molecule has 0 bridgehead atoms. The molecule has 0 aliphatic rings. The van der Waals surface area contributed by atoms with Crippen molar-refractivity contribution in [3.05, 3.63) is 0 Å². The molecule has 5 heteroatoms. The molecule has 94 valence electrons. The third-order valence-electron chi connectivity index (χ3n) is 2.34. The highest BCUT2D eigenvalue weighted by atomic mass is 16.4. The highest BCUT2D eigenvalue weighted by Crippen LogP contribution is 2.04. The number of carbonyl (C=O) groups is 2. The molecule has 0 heterocycles. The van der Waals surface area contributed by atoms with Crippen molar-refractivity contribution in [2.45, 2.75) is 39.2 Å². The number of rotatable bonds is 8. The maximum atomic E-state index is 11.4. The van der Waals surface area contributed by atoms with Gasteiger partial charge in [-0.25, -0.2) is 0 Å². The molecular weight excluding hydrogens is 208 g/mol. The molecule has 0 rings (SSSR count). The number of nitrogens with one attached hydrogen (secondary N) is 1. The molecular formula is C11H22N2O3.